The number of hydrogen-bond donors (Lipinski definition) is 1. The zero-order chi connectivity index (χ0) is 35.8. The number of hydrogen-bond acceptors (Lipinski definition) is 12. The van der Waals surface area contributed by atoms with Crippen molar-refractivity contribution in [2.75, 3.05) is 19.4 Å². The Morgan fingerprint density at radius 3 is 2.42 bits per heavy atom. The van der Waals surface area contributed by atoms with Crippen LogP contribution in [-0.2, 0) is 35.1 Å². The zero-order valence-electron chi connectivity index (χ0n) is 29.1. The number of methoxy groups -OCH3 is 1. The van der Waals surface area contributed by atoms with Gasteiger partial charge in [0.1, 0.15) is 35.4 Å². The molecule has 2 aliphatic rings. The van der Waals surface area contributed by atoms with Gasteiger partial charge in [0.25, 0.3) is 5.67 Å². The van der Waals surface area contributed by atoms with E-state index in [2.05, 4.69) is 15.3 Å². The van der Waals surface area contributed by atoms with Gasteiger partial charge in [-0.2, -0.15) is 0 Å². The third kappa shape index (κ3) is 6.91. The molecule has 2 aromatic heterocycles. The van der Waals surface area contributed by atoms with Crippen LogP contribution in [0.4, 0.5) is 14.2 Å². The Morgan fingerprint density at radius 1 is 1.15 bits per heavy atom. The van der Waals surface area contributed by atoms with Crippen LogP contribution < -0.4 is 5.73 Å². The molecule has 1 amide bonds. The lowest BCUT2D eigenvalue weighted by Gasteiger charge is -2.43. The molecular weight excluding hydrogens is 642 g/mol. The Morgan fingerprint density at radius 2 is 1.81 bits per heavy atom. The maximum atomic E-state index is 16.1. The molecule has 2 fully saturated rings. The molecule has 0 aliphatic carbocycles. The number of thiazole rings is 1. The number of anilines is 1. The van der Waals surface area contributed by atoms with E-state index in [9.17, 15) is 19.2 Å². The number of aromatic nitrogens is 4. The number of nitrogens with two attached hydrogens (primary N) is 1. The number of esters is 1. The molecule has 9 atom stereocenters. The van der Waals surface area contributed by atoms with Gasteiger partial charge in [-0.05, 0) is 39.4 Å². The van der Waals surface area contributed by atoms with Gasteiger partial charge >= 0.3 is 12.1 Å². The predicted octanol–water partition coefficient (Wildman–Crippen LogP) is 3.45. The molecular formula is C32H46BFN6O7S. The molecule has 2 N–H and O–H groups in total. The third-order valence-corrected chi connectivity index (χ3v) is 11.2. The van der Waals surface area contributed by atoms with E-state index >= 15 is 4.39 Å². The summed E-state index contributed by atoms with van der Waals surface area (Å²) in [5, 5.41) is 9.46. The van der Waals surface area contributed by atoms with Gasteiger partial charge in [-0.25, -0.2) is 23.6 Å². The number of ether oxygens (including phenoxy) is 3. The SMILES string of the molecule is B[C@@H]1[C@@H](C)C(=O)[C@](C)(F)C(=O)O[C@H](CC)[C@@]2(C)OC(=O)N(C/C=C/Cn3cc(-c4ncc(N)s4)nn3)[C@@H]2[C@@H](C)C(=O)[C@H](C)C[C@@]1(C)OC. The number of carbonyl (C=O) groups is 4. The number of nitrogen functional groups attached to an aromatic ring is 1. The highest BCUT2D eigenvalue weighted by molar-refractivity contribution is 7.18. The second-order valence-electron chi connectivity index (χ2n) is 13.6. The van der Waals surface area contributed by atoms with Crippen LogP contribution in [0.15, 0.2) is 24.5 Å². The average molecular weight is 689 g/mol. The first-order valence-electron chi connectivity index (χ1n) is 16.2. The van der Waals surface area contributed by atoms with E-state index in [4.69, 9.17) is 19.9 Å². The zero-order valence-corrected chi connectivity index (χ0v) is 29.9. The molecule has 0 unspecified atom stereocenters. The molecule has 4 rings (SSSR count). The second-order valence-corrected chi connectivity index (χ2v) is 14.6. The van der Waals surface area contributed by atoms with Gasteiger partial charge in [-0.1, -0.05) is 56.4 Å². The molecule has 0 radical (unpaired) electrons. The predicted molar refractivity (Wildman–Crippen MR) is 180 cm³/mol. The van der Waals surface area contributed by atoms with E-state index in [1.807, 2.05) is 0 Å². The lowest BCUT2D eigenvalue weighted by Crippen LogP contribution is -2.59. The van der Waals surface area contributed by atoms with Crippen molar-refractivity contribution in [3.05, 3.63) is 24.5 Å². The normalized spacial score (nSPS) is 35.4. The highest BCUT2D eigenvalue weighted by atomic mass is 32.1. The smallest absolute Gasteiger partial charge is 0.411 e. The van der Waals surface area contributed by atoms with Gasteiger partial charge in [0.05, 0.1) is 30.6 Å². The average Bonchev–Trinajstić information content (AvgIpc) is 3.76. The Balaban J connectivity index is 1.67. The van der Waals surface area contributed by atoms with Gasteiger partial charge in [0.2, 0.25) is 0 Å². The van der Waals surface area contributed by atoms with Crippen molar-refractivity contribution >= 4 is 47.8 Å². The molecule has 2 aromatic rings. The van der Waals surface area contributed by atoms with Crippen LogP contribution >= 0.6 is 11.3 Å². The van der Waals surface area contributed by atoms with E-state index in [-0.39, 0.29) is 25.2 Å². The number of rotatable bonds is 7. The quantitative estimate of drug-likeness (QED) is 0.196. The van der Waals surface area contributed by atoms with Gasteiger partial charge in [-0.15, -0.1) is 5.10 Å². The highest BCUT2D eigenvalue weighted by Crippen LogP contribution is 2.44. The van der Waals surface area contributed by atoms with Crippen molar-refractivity contribution < 1.29 is 37.8 Å². The minimum Gasteiger partial charge on any atom is -0.455 e. The fourth-order valence-corrected chi connectivity index (χ4v) is 7.73. The van der Waals surface area contributed by atoms with E-state index in [1.165, 1.54) is 23.3 Å². The fraction of sp³-hybridized carbons (Fsp3) is 0.656. The van der Waals surface area contributed by atoms with Crippen LogP contribution in [0.5, 0.6) is 0 Å². The van der Waals surface area contributed by atoms with E-state index in [0.29, 0.717) is 22.2 Å². The standard InChI is InChI=1S/C32H46BFN6O7S/c1-9-21-32(7)25(40(29(44)47-32)13-11-10-12-39-16-20(37-38-39)27-36-15-22(35)48-27)18(3)23(41)17(2)14-30(5,45-8)24(33)19(4)26(42)31(6,34)28(43)46-21/h10-11,15-19,21,24-25H,9,12-14,33,35H2,1-8H3/b11-10+/t17-,18+,19-,21-,24-,25-,30-,31+,32-/m1/s1. The number of Topliss-reactive ketones (excluding diaryl/α,β-unsaturated/α-hetero) is 2. The molecule has 0 bridgehead atoms. The first-order valence-corrected chi connectivity index (χ1v) is 17.0. The number of fused-ring (bicyclic) bond motifs is 1. The molecule has 0 saturated carbocycles. The minimum atomic E-state index is -2.97. The van der Waals surface area contributed by atoms with Crippen LogP contribution in [0.3, 0.4) is 0 Å². The van der Waals surface area contributed by atoms with Crippen molar-refractivity contribution in [2.24, 2.45) is 17.8 Å². The summed E-state index contributed by atoms with van der Waals surface area (Å²) in [7, 11) is 3.23. The number of carbonyl (C=O) groups excluding carboxylic acids is 4. The molecule has 48 heavy (non-hydrogen) atoms. The Labute approximate surface area is 285 Å². The monoisotopic (exact) mass is 688 g/mol. The van der Waals surface area contributed by atoms with Crippen LogP contribution in [0.2, 0.25) is 5.82 Å². The number of halogens is 1. The maximum absolute atomic E-state index is 16.1. The molecule has 13 nitrogen and oxygen atoms in total. The van der Waals surface area contributed by atoms with Crippen LogP contribution in [0.1, 0.15) is 61.3 Å². The van der Waals surface area contributed by atoms with Gasteiger partial charge in [0, 0.05) is 31.4 Å². The highest BCUT2D eigenvalue weighted by Gasteiger charge is 2.61. The summed E-state index contributed by atoms with van der Waals surface area (Å²) in [6.45, 7) is 11.4. The summed E-state index contributed by atoms with van der Waals surface area (Å²) in [4.78, 5) is 60.2. The van der Waals surface area contributed by atoms with E-state index < -0.39 is 70.4 Å². The Bertz CT molecular complexity index is 1570. The summed E-state index contributed by atoms with van der Waals surface area (Å²) in [5.74, 6) is -5.32. The van der Waals surface area contributed by atoms with Gasteiger partial charge < -0.3 is 19.9 Å². The fourth-order valence-electron chi connectivity index (χ4n) is 7.10. The second kappa shape index (κ2) is 14.1. The number of allylic oxidation sites excluding steroid dienone is 1. The molecule has 4 heterocycles. The summed E-state index contributed by atoms with van der Waals surface area (Å²) in [6, 6.07) is -0.898. The number of amides is 1. The molecule has 2 aliphatic heterocycles. The number of ketones is 2. The minimum absolute atomic E-state index is 0.0592. The van der Waals surface area contributed by atoms with Gasteiger partial charge in [0.15, 0.2) is 11.4 Å². The summed E-state index contributed by atoms with van der Waals surface area (Å²) < 4.78 is 35.3. The van der Waals surface area contributed by atoms with E-state index in [1.54, 1.807) is 78.6 Å². The van der Waals surface area contributed by atoms with Crippen molar-refractivity contribution in [1.29, 1.82) is 0 Å². The third-order valence-electron chi connectivity index (χ3n) is 10.3. The molecule has 262 valence electrons. The van der Waals surface area contributed by atoms with Crippen LogP contribution in [0.25, 0.3) is 10.7 Å². The maximum Gasteiger partial charge on any atom is 0.411 e. The number of cyclic esters (lactones) is 1. The van der Waals surface area contributed by atoms with Crippen molar-refractivity contribution in [3.8, 4) is 10.7 Å². The van der Waals surface area contributed by atoms with Crippen molar-refractivity contribution in [3.63, 3.8) is 0 Å². The lowest BCUT2D eigenvalue weighted by atomic mass is 9.61. The first-order chi connectivity index (χ1) is 22.4. The molecule has 0 aromatic carbocycles. The molecule has 16 heteroatoms. The molecule has 2 saturated heterocycles. The first kappa shape index (κ1) is 37.2. The number of alkyl halides is 1. The van der Waals surface area contributed by atoms with Crippen molar-refractivity contribution in [1.82, 2.24) is 24.9 Å². The lowest BCUT2D eigenvalue weighted by molar-refractivity contribution is -0.180. The summed E-state index contributed by atoms with van der Waals surface area (Å²) in [6.07, 6.45) is 5.29. The van der Waals surface area contributed by atoms with Crippen LogP contribution in [-0.4, -0.2) is 99.0 Å². The van der Waals surface area contributed by atoms with Gasteiger partial charge in [-0.3, -0.25) is 14.5 Å². The molecule has 0 spiro atoms. The van der Waals surface area contributed by atoms with Crippen LogP contribution in [0, 0.1) is 17.8 Å². The summed E-state index contributed by atoms with van der Waals surface area (Å²) in [5.41, 5.74) is 0.811. The van der Waals surface area contributed by atoms with Crippen molar-refractivity contribution in [2.45, 2.75) is 103 Å². The Kier molecular flexibility index (Phi) is 10.9. The summed E-state index contributed by atoms with van der Waals surface area (Å²) >= 11 is 1.30. The Hall–Kier alpha value is -3.66. The van der Waals surface area contributed by atoms with E-state index in [0.717, 1.165) is 6.92 Å². The number of nitrogens with zero attached hydrogens (tertiary/aromatic N) is 5. The largest absolute Gasteiger partial charge is 0.455 e. The topological polar surface area (TPSA) is 169 Å².